The second-order valence-corrected chi connectivity index (χ2v) is 4.26. The Kier molecular flexibility index (Phi) is 2.98. The first-order valence-electron chi connectivity index (χ1n) is 4.78. The van der Waals surface area contributed by atoms with Crippen LogP contribution in [0.25, 0.3) is 11.1 Å². The van der Waals surface area contributed by atoms with Crippen LogP contribution < -0.4 is 10.5 Å². The molecule has 0 saturated heterocycles. The Labute approximate surface area is 102 Å². The lowest BCUT2D eigenvalue weighted by Crippen LogP contribution is -1.91. The van der Waals surface area contributed by atoms with Gasteiger partial charge in [0.1, 0.15) is 22.6 Å². The number of hydrogen-bond donors (Lipinski definition) is 1. The highest BCUT2D eigenvalue weighted by Gasteiger charge is 2.15. The van der Waals surface area contributed by atoms with E-state index in [9.17, 15) is 4.39 Å². The number of ether oxygens (including phenoxy) is 1. The third-order valence-corrected chi connectivity index (χ3v) is 3.19. The molecule has 2 rings (SSSR count). The SMILES string of the molecule is COc1ccc(F)cc1-c1csc(N)c1C#N. The zero-order valence-corrected chi connectivity index (χ0v) is 9.84. The molecule has 17 heavy (non-hydrogen) atoms. The van der Waals surface area contributed by atoms with Crippen molar-refractivity contribution in [3.63, 3.8) is 0 Å². The molecular weight excluding hydrogens is 239 g/mol. The minimum absolute atomic E-state index is 0.360. The maximum atomic E-state index is 13.2. The van der Waals surface area contributed by atoms with Gasteiger partial charge in [0, 0.05) is 16.5 Å². The summed E-state index contributed by atoms with van der Waals surface area (Å²) in [7, 11) is 1.50. The molecule has 0 fully saturated rings. The van der Waals surface area contributed by atoms with Gasteiger partial charge in [0.2, 0.25) is 0 Å². The van der Waals surface area contributed by atoms with Crippen LogP contribution in [0.1, 0.15) is 5.56 Å². The van der Waals surface area contributed by atoms with E-state index in [0.717, 1.165) is 0 Å². The third-order valence-electron chi connectivity index (χ3n) is 2.38. The van der Waals surface area contributed by atoms with Crippen molar-refractivity contribution in [2.24, 2.45) is 0 Å². The number of nitrogens with two attached hydrogens (primary N) is 1. The first kappa shape index (κ1) is 11.4. The summed E-state index contributed by atoms with van der Waals surface area (Å²) in [6.07, 6.45) is 0. The number of thiophene rings is 1. The highest BCUT2D eigenvalue weighted by Crippen LogP contribution is 2.38. The van der Waals surface area contributed by atoms with Crippen LogP contribution in [-0.4, -0.2) is 7.11 Å². The van der Waals surface area contributed by atoms with Crippen LogP contribution in [0.15, 0.2) is 23.6 Å². The Morgan fingerprint density at radius 3 is 2.82 bits per heavy atom. The molecule has 0 spiro atoms. The van der Waals surface area contributed by atoms with Crippen LogP contribution in [0.4, 0.5) is 9.39 Å². The Balaban J connectivity index is 2.68. The average molecular weight is 248 g/mol. The van der Waals surface area contributed by atoms with E-state index in [1.807, 2.05) is 6.07 Å². The van der Waals surface area contributed by atoms with Crippen LogP contribution in [0.2, 0.25) is 0 Å². The number of hydrogen-bond acceptors (Lipinski definition) is 4. The summed E-state index contributed by atoms with van der Waals surface area (Å²) in [6, 6.07) is 6.19. The number of anilines is 1. The first-order valence-corrected chi connectivity index (χ1v) is 5.66. The van der Waals surface area contributed by atoms with Gasteiger partial charge in [-0.25, -0.2) is 4.39 Å². The summed E-state index contributed by atoms with van der Waals surface area (Å²) in [5.41, 5.74) is 7.18. The fraction of sp³-hybridized carbons (Fsp3) is 0.0833. The molecule has 0 atom stereocenters. The minimum Gasteiger partial charge on any atom is -0.496 e. The van der Waals surface area contributed by atoms with Crippen molar-refractivity contribution in [1.82, 2.24) is 0 Å². The summed E-state index contributed by atoms with van der Waals surface area (Å²) < 4.78 is 18.4. The molecular formula is C12H9FN2OS. The van der Waals surface area contributed by atoms with Crippen molar-refractivity contribution < 1.29 is 9.13 Å². The molecule has 0 amide bonds. The van der Waals surface area contributed by atoms with Gasteiger partial charge < -0.3 is 10.5 Å². The number of nitriles is 1. The lowest BCUT2D eigenvalue weighted by atomic mass is 10.0. The molecule has 1 aromatic carbocycles. The van der Waals surface area contributed by atoms with Crippen LogP contribution in [0, 0.1) is 17.1 Å². The smallest absolute Gasteiger partial charge is 0.126 e. The molecule has 1 heterocycles. The topological polar surface area (TPSA) is 59.0 Å². The predicted molar refractivity (Wildman–Crippen MR) is 65.4 cm³/mol. The van der Waals surface area contributed by atoms with E-state index in [1.54, 1.807) is 5.38 Å². The first-order chi connectivity index (χ1) is 8.17. The summed E-state index contributed by atoms with van der Waals surface area (Å²) in [5.74, 6) is 0.134. The van der Waals surface area contributed by atoms with Crippen molar-refractivity contribution in [2.45, 2.75) is 0 Å². The largest absolute Gasteiger partial charge is 0.496 e. The van der Waals surface area contributed by atoms with Crippen molar-refractivity contribution in [3.8, 4) is 22.9 Å². The molecule has 5 heteroatoms. The van der Waals surface area contributed by atoms with Gasteiger partial charge in [0.15, 0.2) is 0 Å². The number of rotatable bonds is 2. The van der Waals surface area contributed by atoms with Gasteiger partial charge in [0.25, 0.3) is 0 Å². The number of nitrogens with zero attached hydrogens (tertiary/aromatic N) is 1. The molecule has 0 aliphatic carbocycles. The van der Waals surface area contributed by atoms with E-state index in [1.165, 1.54) is 36.6 Å². The van der Waals surface area contributed by atoms with Crippen molar-refractivity contribution in [2.75, 3.05) is 12.8 Å². The number of nitrogen functional groups attached to an aromatic ring is 1. The Bertz CT molecular complexity index is 601. The summed E-state index contributed by atoms with van der Waals surface area (Å²) in [6.45, 7) is 0. The van der Waals surface area contributed by atoms with Crippen molar-refractivity contribution in [3.05, 3.63) is 35.0 Å². The Morgan fingerprint density at radius 1 is 1.41 bits per heavy atom. The number of methoxy groups -OCH3 is 1. The number of halogens is 1. The maximum absolute atomic E-state index is 13.2. The van der Waals surface area contributed by atoms with Crippen molar-refractivity contribution >= 4 is 16.3 Å². The quantitative estimate of drug-likeness (QED) is 0.888. The van der Waals surface area contributed by atoms with Crippen molar-refractivity contribution in [1.29, 1.82) is 5.26 Å². The molecule has 3 nitrogen and oxygen atoms in total. The molecule has 0 bridgehead atoms. The molecule has 2 aromatic rings. The molecule has 86 valence electrons. The Hall–Kier alpha value is -2.06. The number of benzene rings is 1. The van der Waals surface area contributed by atoms with Gasteiger partial charge in [-0.2, -0.15) is 5.26 Å². The zero-order chi connectivity index (χ0) is 12.4. The lowest BCUT2D eigenvalue weighted by molar-refractivity contribution is 0.415. The van der Waals surface area contributed by atoms with E-state index in [2.05, 4.69) is 0 Å². The van der Waals surface area contributed by atoms with Crippen LogP contribution in [-0.2, 0) is 0 Å². The summed E-state index contributed by atoms with van der Waals surface area (Å²) >= 11 is 1.25. The van der Waals surface area contributed by atoms with Crippen LogP contribution in [0.5, 0.6) is 5.75 Å². The molecule has 0 aliphatic rings. The van der Waals surface area contributed by atoms with Gasteiger partial charge in [0.05, 0.1) is 12.7 Å². The summed E-state index contributed by atoms with van der Waals surface area (Å²) in [5, 5.41) is 11.2. The monoisotopic (exact) mass is 248 g/mol. The second kappa shape index (κ2) is 4.44. The fourth-order valence-electron chi connectivity index (χ4n) is 1.58. The van der Waals surface area contributed by atoms with Crippen LogP contribution in [0.3, 0.4) is 0 Å². The second-order valence-electron chi connectivity index (χ2n) is 3.35. The molecule has 0 aliphatic heterocycles. The molecule has 0 radical (unpaired) electrons. The van der Waals surface area contributed by atoms with E-state index in [0.29, 0.717) is 27.4 Å². The average Bonchev–Trinajstić information content (AvgIpc) is 2.70. The highest BCUT2D eigenvalue weighted by molar-refractivity contribution is 7.14. The van der Waals surface area contributed by atoms with Gasteiger partial charge in [-0.1, -0.05) is 0 Å². The van der Waals surface area contributed by atoms with Gasteiger partial charge in [-0.3, -0.25) is 0 Å². The standard InChI is InChI=1S/C12H9FN2OS/c1-16-11-3-2-7(13)4-8(11)10-6-17-12(15)9(10)5-14/h2-4,6H,15H2,1H3. The maximum Gasteiger partial charge on any atom is 0.126 e. The fourth-order valence-corrected chi connectivity index (χ4v) is 2.34. The minimum atomic E-state index is -0.380. The predicted octanol–water partition coefficient (Wildman–Crippen LogP) is 3.02. The van der Waals surface area contributed by atoms with Gasteiger partial charge >= 0.3 is 0 Å². The van der Waals surface area contributed by atoms with E-state index >= 15 is 0 Å². The zero-order valence-electron chi connectivity index (χ0n) is 9.03. The molecule has 0 unspecified atom stereocenters. The summed E-state index contributed by atoms with van der Waals surface area (Å²) in [4.78, 5) is 0. The van der Waals surface area contributed by atoms with E-state index < -0.39 is 0 Å². The molecule has 0 saturated carbocycles. The van der Waals surface area contributed by atoms with Crippen LogP contribution >= 0.6 is 11.3 Å². The molecule has 2 N–H and O–H groups in total. The Morgan fingerprint density at radius 2 is 2.18 bits per heavy atom. The van der Waals surface area contributed by atoms with Gasteiger partial charge in [-0.05, 0) is 18.2 Å². The van der Waals surface area contributed by atoms with E-state index in [4.69, 9.17) is 15.7 Å². The lowest BCUT2D eigenvalue weighted by Gasteiger charge is -2.07. The third kappa shape index (κ3) is 1.95. The van der Waals surface area contributed by atoms with E-state index in [-0.39, 0.29) is 5.82 Å². The normalized spacial score (nSPS) is 9.94. The molecule has 1 aromatic heterocycles. The highest BCUT2D eigenvalue weighted by atomic mass is 32.1. The van der Waals surface area contributed by atoms with Gasteiger partial charge in [-0.15, -0.1) is 11.3 Å².